The summed E-state index contributed by atoms with van der Waals surface area (Å²) in [6, 6.07) is 18.9. The van der Waals surface area contributed by atoms with E-state index in [4.69, 9.17) is 18.6 Å². The molecule has 3 aliphatic carbocycles. The number of carbonyl (C=O) groups excluding carboxylic acids is 1. The first kappa shape index (κ1) is 31.3. The smallest absolute Gasteiger partial charge is 0.360 e. The third-order valence-corrected chi connectivity index (χ3v) is 10.0. The Hall–Kier alpha value is -4.30. The molecule has 0 aliphatic heterocycles. The Bertz CT molecular complexity index is 1800. The van der Waals surface area contributed by atoms with Crippen molar-refractivity contribution in [1.29, 1.82) is 0 Å². The van der Waals surface area contributed by atoms with E-state index in [1.54, 1.807) is 38.5 Å². The second-order valence-corrected chi connectivity index (χ2v) is 13.5. The average molecular weight is 637 g/mol. The van der Waals surface area contributed by atoms with Gasteiger partial charge in [-0.25, -0.2) is 4.79 Å². The van der Waals surface area contributed by atoms with Gasteiger partial charge in [0.05, 0.1) is 20.3 Å². The SMILES string of the molecule is COc1cccc(-c2cc(C(=O)Nc3cc4ccc(OC5CCC(N(CC6CC6)CC6CC6)CC5)c(C)c4oc3=O)ccc2OC)c1. The van der Waals surface area contributed by atoms with Gasteiger partial charge in [-0.15, -0.1) is 0 Å². The van der Waals surface area contributed by atoms with E-state index in [0.29, 0.717) is 28.7 Å². The summed E-state index contributed by atoms with van der Waals surface area (Å²) in [5.41, 5.74) is 2.68. The van der Waals surface area contributed by atoms with Crippen molar-refractivity contribution in [3.8, 4) is 28.4 Å². The Morgan fingerprint density at radius 3 is 2.26 bits per heavy atom. The lowest BCUT2D eigenvalue weighted by Crippen LogP contribution is -2.42. The molecule has 0 radical (unpaired) electrons. The molecule has 8 heteroatoms. The highest BCUT2D eigenvalue weighted by molar-refractivity contribution is 6.05. The van der Waals surface area contributed by atoms with Crippen LogP contribution in [0.25, 0.3) is 22.1 Å². The van der Waals surface area contributed by atoms with Crippen LogP contribution in [-0.4, -0.2) is 50.3 Å². The van der Waals surface area contributed by atoms with E-state index >= 15 is 0 Å². The summed E-state index contributed by atoms with van der Waals surface area (Å²) in [6.45, 7) is 4.49. The van der Waals surface area contributed by atoms with Crippen LogP contribution in [0.1, 0.15) is 67.3 Å². The van der Waals surface area contributed by atoms with Crippen molar-refractivity contribution in [2.75, 3.05) is 32.6 Å². The lowest BCUT2D eigenvalue weighted by molar-refractivity contribution is 0.0821. The molecule has 1 aromatic heterocycles. The fraction of sp³-hybridized carbons (Fsp3) is 0.436. The van der Waals surface area contributed by atoms with Gasteiger partial charge in [0.25, 0.3) is 5.91 Å². The largest absolute Gasteiger partial charge is 0.497 e. The molecule has 7 rings (SSSR count). The van der Waals surface area contributed by atoms with Crippen LogP contribution >= 0.6 is 0 Å². The summed E-state index contributed by atoms with van der Waals surface area (Å²) < 4.78 is 23.2. The predicted octanol–water partition coefficient (Wildman–Crippen LogP) is 7.85. The molecule has 8 nitrogen and oxygen atoms in total. The molecule has 1 N–H and O–H groups in total. The minimum Gasteiger partial charge on any atom is -0.497 e. The normalized spacial score (nSPS) is 19.5. The number of hydrogen-bond donors (Lipinski definition) is 1. The molecular weight excluding hydrogens is 592 g/mol. The van der Waals surface area contributed by atoms with Gasteiger partial charge in [-0.3, -0.25) is 9.69 Å². The van der Waals surface area contributed by atoms with Gasteiger partial charge in [0.15, 0.2) is 0 Å². The number of aryl methyl sites for hydroxylation is 1. The molecule has 3 aliphatic rings. The molecule has 3 saturated carbocycles. The fourth-order valence-corrected chi connectivity index (χ4v) is 6.93. The molecule has 0 saturated heterocycles. The number of anilines is 1. The Kier molecular flexibility index (Phi) is 8.95. The number of benzene rings is 3. The first-order valence-electron chi connectivity index (χ1n) is 17.0. The van der Waals surface area contributed by atoms with Crippen LogP contribution in [0.15, 0.2) is 69.9 Å². The topological polar surface area (TPSA) is 90.2 Å². The second kappa shape index (κ2) is 13.4. The van der Waals surface area contributed by atoms with E-state index in [-0.39, 0.29) is 11.8 Å². The summed E-state index contributed by atoms with van der Waals surface area (Å²) >= 11 is 0. The lowest BCUT2D eigenvalue weighted by atomic mass is 9.91. The Morgan fingerprint density at radius 2 is 1.57 bits per heavy atom. The molecule has 0 atom stereocenters. The van der Waals surface area contributed by atoms with Gasteiger partial charge < -0.3 is 23.9 Å². The predicted molar refractivity (Wildman–Crippen MR) is 184 cm³/mol. The minimum absolute atomic E-state index is 0.0783. The van der Waals surface area contributed by atoms with Crippen LogP contribution in [0.2, 0.25) is 0 Å². The minimum atomic E-state index is -0.612. The zero-order chi connectivity index (χ0) is 32.5. The van der Waals surface area contributed by atoms with Crippen LogP contribution < -0.4 is 25.2 Å². The Balaban J connectivity index is 1.03. The summed E-state index contributed by atoms with van der Waals surface area (Å²) in [4.78, 5) is 29.3. The molecular formula is C39H44N2O6. The highest BCUT2D eigenvalue weighted by atomic mass is 16.5. The van der Waals surface area contributed by atoms with Crippen molar-refractivity contribution in [2.24, 2.45) is 11.8 Å². The number of carbonyl (C=O) groups is 1. The van der Waals surface area contributed by atoms with Gasteiger partial charge in [0.2, 0.25) is 0 Å². The molecule has 1 heterocycles. The number of nitrogens with one attached hydrogen (secondary N) is 1. The van der Waals surface area contributed by atoms with Crippen molar-refractivity contribution >= 4 is 22.6 Å². The van der Waals surface area contributed by atoms with Gasteiger partial charge in [0, 0.05) is 41.2 Å². The second-order valence-electron chi connectivity index (χ2n) is 13.5. The summed E-state index contributed by atoms with van der Waals surface area (Å²) in [7, 11) is 3.19. The zero-order valence-corrected chi connectivity index (χ0v) is 27.6. The third kappa shape index (κ3) is 7.18. The van der Waals surface area contributed by atoms with Crippen molar-refractivity contribution in [2.45, 2.75) is 70.4 Å². The molecule has 0 unspecified atom stereocenters. The molecule has 47 heavy (non-hydrogen) atoms. The van der Waals surface area contributed by atoms with E-state index in [1.807, 2.05) is 43.3 Å². The number of amides is 1. The van der Waals surface area contributed by atoms with Crippen molar-refractivity contribution < 1.29 is 23.4 Å². The lowest BCUT2D eigenvalue weighted by Gasteiger charge is -2.37. The van der Waals surface area contributed by atoms with Crippen LogP contribution in [0, 0.1) is 18.8 Å². The van der Waals surface area contributed by atoms with E-state index < -0.39 is 11.5 Å². The molecule has 246 valence electrons. The fourth-order valence-electron chi connectivity index (χ4n) is 6.93. The summed E-state index contributed by atoms with van der Waals surface area (Å²) in [5, 5.41) is 3.47. The van der Waals surface area contributed by atoms with E-state index in [1.165, 1.54) is 51.6 Å². The number of methoxy groups -OCH3 is 2. The number of fused-ring (bicyclic) bond motifs is 1. The maximum Gasteiger partial charge on any atom is 0.360 e. The van der Waals surface area contributed by atoms with Gasteiger partial charge >= 0.3 is 5.63 Å². The molecule has 0 bridgehead atoms. The van der Waals surface area contributed by atoms with E-state index in [9.17, 15) is 9.59 Å². The third-order valence-electron chi connectivity index (χ3n) is 10.0. The zero-order valence-electron chi connectivity index (χ0n) is 27.6. The molecule has 0 spiro atoms. The van der Waals surface area contributed by atoms with Gasteiger partial charge in [-0.05, 0) is 124 Å². The number of hydrogen-bond acceptors (Lipinski definition) is 7. The summed E-state index contributed by atoms with van der Waals surface area (Å²) in [6.07, 6.45) is 10.2. The van der Waals surface area contributed by atoms with Crippen molar-refractivity contribution in [3.05, 3.63) is 82.2 Å². The maximum atomic E-state index is 13.3. The Morgan fingerprint density at radius 1 is 0.851 bits per heavy atom. The maximum absolute atomic E-state index is 13.3. The monoisotopic (exact) mass is 636 g/mol. The molecule has 3 aromatic carbocycles. The molecule has 3 fully saturated rings. The molecule has 4 aromatic rings. The van der Waals surface area contributed by atoms with E-state index in [0.717, 1.165) is 52.5 Å². The van der Waals surface area contributed by atoms with Crippen LogP contribution in [0.4, 0.5) is 5.69 Å². The van der Waals surface area contributed by atoms with Crippen molar-refractivity contribution in [1.82, 2.24) is 4.90 Å². The van der Waals surface area contributed by atoms with Gasteiger partial charge in [-0.1, -0.05) is 12.1 Å². The Labute approximate surface area is 276 Å². The quantitative estimate of drug-likeness (QED) is 0.158. The molecule has 1 amide bonds. The van der Waals surface area contributed by atoms with Crippen LogP contribution in [0.3, 0.4) is 0 Å². The first-order chi connectivity index (χ1) is 22.9. The standard InChI is InChI=1S/C39H44N2O6/c1-24-35(46-31-15-13-30(14-16-31)41(22-25-7-8-25)23-26-9-10-26)17-11-28-21-34(39(43)47-37(24)28)40-38(42)29-12-18-36(45-3)33(20-29)27-5-4-6-32(19-27)44-2/h4-6,11-12,17-21,25-26,30-31H,7-10,13-16,22-23H2,1-3H3,(H,40,42). The first-order valence-corrected chi connectivity index (χ1v) is 17.0. The number of ether oxygens (including phenoxy) is 3. The van der Waals surface area contributed by atoms with Crippen LogP contribution in [0.5, 0.6) is 17.2 Å². The summed E-state index contributed by atoms with van der Waals surface area (Å²) in [5.74, 6) is 3.48. The van der Waals surface area contributed by atoms with Gasteiger partial charge in [0.1, 0.15) is 28.5 Å². The van der Waals surface area contributed by atoms with E-state index in [2.05, 4.69) is 10.2 Å². The van der Waals surface area contributed by atoms with Crippen LogP contribution in [-0.2, 0) is 0 Å². The average Bonchev–Trinajstić information content (AvgIpc) is 4.04. The highest BCUT2D eigenvalue weighted by Crippen LogP contribution is 2.38. The number of nitrogens with zero attached hydrogens (tertiary/aromatic N) is 1. The van der Waals surface area contributed by atoms with Crippen molar-refractivity contribution in [3.63, 3.8) is 0 Å². The number of rotatable bonds is 12. The van der Waals surface area contributed by atoms with Gasteiger partial charge in [-0.2, -0.15) is 0 Å². The highest BCUT2D eigenvalue weighted by Gasteiger charge is 2.34.